The van der Waals surface area contributed by atoms with Gasteiger partial charge in [0.1, 0.15) is 5.76 Å². The van der Waals surface area contributed by atoms with Crippen LogP contribution < -0.4 is 5.32 Å². The molecule has 7 heteroatoms. The molecule has 0 bridgehead atoms. The highest BCUT2D eigenvalue weighted by molar-refractivity contribution is 7.13. The van der Waals surface area contributed by atoms with Gasteiger partial charge in [0.25, 0.3) is 0 Å². The fraction of sp³-hybridized carbons (Fsp3) is 0.429. The number of hydrogen-bond acceptors (Lipinski definition) is 6. The Morgan fingerprint density at radius 1 is 1.36 bits per heavy atom. The minimum atomic E-state index is 0.0443. The van der Waals surface area contributed by atoms with E-state index in [-0.39, 0.29) is 5.91 Å². The van der Waals surface area contributed by atoms with Gasteiger partial charge < -0.3 is 9.73 Å². The Morgan fingerprint density at radius 3 is 3.07 bits per heavy atom. The van der Waals surface area contributed by atoms with Crippen LogP contribution in [0, 0.1) is 12.8 Å². The number of carbonyl (C=O) groups excluding carboxylic acids is 1. The number of amides is 1. The first-order valence-electron chi connectivity index (χ1n) is 9.68. The molecule has 1 saturated heterocycles. The molecule has 0 radical (unpaired) electrons. The minimum Gasteiger partial charge on any atom is -0.459 e. The quantitative estimate of drug-likeness (QED) is 0.623. The molecule has 0 aliphatic carbocycles. The van der Waals surface area contributed by atoms with E-state index in [1.54, 1.807) is 0 Å². The number of hydrogen-bond donors (Lipinski definition) is 1. The molecule has 3 aromatic rings. The van der Waals surface area contributed by atoms with Gasteiger partial charge in [0.15, 0.2) is 10.8 Å². The van der Waals surface area contributed by atoms with Crippen molar-refractivity contribution >= 4 is 28.6 Å². The monoisotopic (exact) mass is 415 g/mol. The van der Waals surface area contributed by atoms with E-state index in [0.29, 0.717) is 12.3 Å². The van der Waals surface area contributed by atoms with Gasteiger partial charge in [0, 0.05) is 29.9 Å². The van der Waals surface area contributed by atoms with Gasteiger partial charge in [-0.2, -0.15) is 0 Å². The molecule has 1 unspecified atom stereocenters. The standard InChI is InChI=1S/C21H25N3O2S2/c1-15-6-7-19(26-15)21-23-17(14-28-21)10-20(25)22-11-16-4-2-8-24(12-16)13-18-5-3-9-27-18/h3,5-7,9,14,16H,2,4,8,10-13H2,1H3,(H,22,25). The number of carbonyl (C=O) groups is 1. The van der Waals surface area contributed by atoms with Crippen LogP contribution >= 0.6 is 22.7 Å². The molecular formula is C21H25N3O2S2. The molecule has 1 fully saturated rings. The zero-order chi connectivity index (χ0) is 19.3. The lowest BCUT2D eigenvalue weighted by Crippen LogP contribution is -2.40. The van der Waals surface area contributed by atoms with Crippen molar-refractivity contribution in [3.8, 4) is 10.8 Å². The Kier molecular flexibility index (Phi) is 6.24. The number of thiazole rings is 1. The van der Waals surface area contributed by atoms with Gasteiger partial charge in [-0.3, -0.25) is 9.69 Å². The predicted octanol–water partition coefficient (Wildman–Crippen LogP) is 4.34. The van der Waals surface area contributed by atoms with E-state index in [1.807, 2.05) is 35.8 Å². The van der Waals surface area contributed by atoms with Crippen molar-refractivity contribution in [2.24, 2.45) is 5.92 Å². The van der Waals surface area contributed by atoms with Crippen LogP contribution in [-0.4, -0.2) is 35.4 Å². The van der Waals surface area contributed by atoms with Gasteiger partial charge in [-0.25, -0.2) is 4.98 Å². The molecular weight excluding hydrogens is 390 g/mol. The SMILES string of the molecule is Cc1ccc(-c2nc(CC(=O)NCC3CCCN(Cc4cccs4)C3)cs2)o1. The Bertz CT molecular complexity index is 901. The smallest absolute Gasteiger partial charge is 0.226 e. The van der Waals surface area contributed by atoms with Crippen LogP contribution in [0.15, 0.2) is 39.4 Å². The first-order chi connectivity index (χ1) is 13.7. The summed E-state index contributed by atoms with van der Waals surface area (Å²) in [5.41, 5.74) is 0.800. The average molecular weight is 416 g/mol. The summed E-state index contributed by atoms with van der Waals surface area (Å²) >= 11 is 3.33. The van der Waals surface area contributed by atoms with Gasteiger partial charge in [-0.1, -0.05) is 6.07 Å². The molecule has 1 amide bonds. The lowest BCUT2D eigenvalue weighted by Gasteiger charge is -2.32. The molecule has 0 saturated carbocycles. The third-order valence-electron chi connectivity index (χ3n) is 5.00. The van der Waals surface area contributed by atoms with Crippen LogP contribution in [0.2, 0.25) is 0 Å². The van der Waals surface area contributed by atoms with E-state index in [9.17, 15) is 4.79 Å². The summed E-state index contributed by atoms with van der Waals surface area (Å²) in [6.07, 6.45) is 2.70. The van der Waals surface area contributed by atoms with Crippen molar-refractivity contribution in [3.63, 3.8) is 0 Å². The zero-order valence-corrected chi connectivity index (χ0v) is 17.7. The number of aromatic nitrogens is 1. The van der Waals surface area contributed by atoms with Crippen LogP contribution in [0.5, 0.6) is 0 Å². The molecule has 0 aromatic carbocycles. The number of rotatable bonds is 7. The van der Waals surface area contributed by atoms with Crippen LogP contribution in [0.25, 0.3) is 10.8 Å². The second-order valence-electron chi connectivity index (χ2n) is 7.36. The number of thiophene rings is 1. The predicted molar refractivity (Wildman–Crippen MR) is 114 cm³/mol. The molecule has 28 heavy (non-hydrogen) atoms. The number of furan rings is 1. The van der Waals surface area contributed by atoms with Gasteiger partial charge in [-0.05, 0) is 55.8 Å². The van der Waals surface area contributed by atoms with E-state index in [1.165, 1.54) is 29.1 Å². The second kappa shape index (κ2) is 9.03. The fourth-order valence-electron chi connectivity index (χ4n) is 3.62. The molecule has 1 N–H and O–H groups in total. The molecule has 4 rings (SSSR count). The summed E-state index contributed by atoms with van der Waals surface area (Å²) in [5.74, 6) is 2.20. The number of nitrogens with one attached hydrogen (secondary N) is 1. The maximum absolute atomic E-state index is 12.4. The van der Waals surface area contributed by atoms with Crippen molar-refractivity contribution in [1.29, 1.82) is 0 Å². The number of likely N-dealkylation sites (tertiary alicyclic amines) is 1. The number of piperidine rings is 1. The van der Waals surface area contributed by atoms with E-state index in [4.69, 9.17) is 4.42 Å². The van der Waals surface area contributed by atoms with Crippen LogP contribution in [0.3, 0.4) is 0 Å². The highest BCUT2D eigenvalue weighted by atomic mass is 32.1. The van der Waals surface area contributed by atoms with Gasteiger partial charge >= 0.3 is 0 Å². The Morgan fingerprint density at radius 2 is 2.29 bits per heavy atom. The topological polar surface area (TPSA) is 58.4 Å². The van der Waals surface area contributed by atoms with E-state index in [2.05, 4.69) is 32.7 Å². The lowest BCUT2D eigenvalue weighted by atomic mass is 9.98. The summed E-state index contributed by atoms with van der Waals surface area (Å²) in [6.45, 7) is 5.88. The summed E-state index contributed by atoms with van der Waals surface area (Å²) in [4.78, 5) is 20.8. The normalized spacial score (nSPS) is 17.7. The second-order valence-corrected chi connectivity index (χ2v) is 9.25. The molecule has 1 aliphatic rings. The molecule has 148 valence electrons. The minimum absolute atomic E-state index is 0.0443. The van der Waals surface area contributed by atoms with Crippen molar-refractivity contribution < 1.29 is 9.21 Å². The maximum atomic E-state index is 12.4. The molecule has 5 nitrogen and oxygen atoms in total. The van der Waals surface area contributed by atoms with Gasteiger partial charge in [-0.15, -0.1) is 22.7 Å². The first kappa shape index (κ1) is 19.4. The molecule has 3 aromatic heterocycles. The van der Waals surface area contributed by atoms with Crippen LogP contribution in [0.4, 0.5) is 0 Å². The zero-order valence-electron chi connectivity index (χ0n) is 16.0. The Hall–Kier alpha value is -1.96. The summed E-state index contributed by atoms with van der Waals surface area (Å²) in [6, 6.07) is 8.15. The Balaban J connectivity index is 1.23. The fourth-order valence-corrected chi connectivity index (χ4v) is 5.15. The summed E-state index contributed by atoms with van der Waals surface area (Å²) in [7, 11) is 0. The maximum Gasteiger partial charge on any atom is 0.226 e. The van der Waals surface area contributed by atoms with Gasteiger partial charge in [0.2, 0.25) is 5.91 Å². The first-order valence-corrected chi connectivity index (χ1v) is 11.4. The van der Waals surface area contributed by atoms with Gasteiger partial charge in [0.05, 0.1) is 12.1 Å². The number of nitrogens with zero attached hydrogens (tertiary/aromatic N) is 2. The highest BCUT2D eigenvalue weighted by Crippen LogP contribution is 2.25. The molecule has 0 spiro atoms. The summed E-state index contributed by atoms with van der Waals surface area (Å²) < 4.78 is 5.61. The third kappa shape index (κ3) is 5.10. The lowest BCUT2D eigenvalue weighted by molar-refractivity contribution is -0.120. The van der Waals surface area contributed by atoms with Crippen molar-refractivity contribution in [3.05, 3.63) is 51.4 Å². The Labute approximate surface area is 173 Å². The molecule has 4 heterocycles. The van der Waals surface area contributed by atoms with Crippen molar-refractivity contribution in [2.45, 2.75) is 32.7 Å². The van der Waals surface area contributed by atoms with Crippen molar-refractivity contribution in [1.82, 2.24) is 15.2 Å². The van der Waals surface area contributed by atoms with Crippen molar-refractivity contribution in [2.75, 3.05) is 19.6 Å². The number of aryl methyl sites for hydroxylation is 1. The average Bonchev–Trinajstić information content (AvgIpc) is 3.43. The van der Waals surface area contributed by atoms with E-state index in [0.717, 1.165) is 48.4 Å². The molecule has 1 aliphatic heterocycles. The van der Waals surface area contributed by atoms with E-state index < -0.39 is 0 Å². The van der Waals surface area contributed by atoms with E-state index >= 15 is 0 Å². The highest BCUT2D eigenvalue weighted by Gasteiger charge is 2.21. The largest absolute Gasteiger partial charge is 0.459 e. The molecule has 1 atom stereocenters. The van der Waals surface area contributed by atoms with Crippen LogP contribution in [-0.2, 0) is 17.8 Å². The summed E-state index contributed by atoms with van der Waals surface area (Å²) in [5, 5.41) is 8.01. The third-order valence-corrected chi connectivity index (χ3v) is 6.76. The van der Waals surface area contributed by atoms with Crippen LogP contribution in [0.1, 0.15) is 29.2 Å².